The lowest BCUT2D eigenvalue weighted by molar-refractivity contribution is -0.121. The molecule has 0 aliphatic carbocycles. The van der Waals surface area contributed by atoms with Gasteiger partial charge in [0.1, 0.15) is 5.82 Å². The monoisotopic (exact) mass is 424 g/mol. The van der Waals surface area contributed by atoms with Crippen molar-refractivity contribution in [2.75, 3.05) is 32.2 Å². The third-order valence-electron chi connectivity index (χ3n) is 5.41. The molecule has 0 saturated carbocycles. The highest BCUT2D eigenvalue weighted by molar-refractivity contribution is 5.79. The Balaban J connectivity index is 1.33. The largest absolute Gasteiger partial charge is 0.493 e. The SMILES string of the molecule is COc1ccc(CC(=O)N[C@H]2CCN(c3cc(-c4ccc(F)cc4)[nH]n3)C2)cc1OC. The molecule has 1 aliphatic heterocycles. The van der Waals surface area contributed by atoms with Crippen LogP contribution in [0.3, 0.4) is 0 Å². The van der Waals surface area contributed by atoms with Crippen LogP contribution in [-0.2, 0) is 11.2 Å². The number of anilines is 1. The number of benzene rings is 2. The van der Waals surface area contributed by atoms with E-state index in [4.69, 9.17) is 9.47 Å². The van der Waals surface area contributed by atoms with Gasteiger partial charge in [-0.25, -0.2) is 4.39 Å². The van der Waals surface area contributed by atoms with Crippen LogP contribution in [0.5, 0.6) is 11.5 Å². The Hall–Kier alpha value is -3.55. The number of H-pyrrole nitrogens is 1. The zero-order chi connectivity index (χ0) is 21.8. The molecule has 7 nitrogen and oxygen atoms in total. The van der Waals surface area contributed by atoms with E-state index in [1.54, 1.807) is 32.4 Å². The molecule has 1 aliphatic rings. The zero-order valence-corrected chi connectivity index (χ0v) is 17.5. The number of hydrogen-bond donors (Lipinski definition) is 2. The molecule has 31 heavy (non-hydrogen) atoms. The molecular weight excluding hydrogens is 399 g/mol. The second kappa shape index (κ2) is 9.07. The normalized spacial score (nSPS) is 15.7. The van der Waals surface area contributed by atoms with Gasteiger partial charge in [-0.3, -0.25) is 9.89 Å². The zero-order valence-electron chi connectivity index (χ0n) is 17.5. The first-order valence-corrected chi connectivity index (χ1v) is 10.1. The standard InChI is InChI=1S/C23H25FN4O3/c1-30-20-8-3-15(11-21(20)31-2)12-23(29)25-18-9-10-28(14-18)22-13-19(26-27-22)16-4-6-17(24)7-5-16/h3-8,11,13,18H,9-10,12,14H2,1-2H3,(H,25,29)(H,26,27)/t18-/m0/s1. The Morgan fingerprint density at radius 2 is 1.94 bits per heavy atom. The van der Waals surface area contributed by atoms with Crippen LogP contribution < -0.4 is 19.7 Å². The first-order valence-electron chi connectivity index (χ1n) is 10.1. The molecule has 3 aromatic rings. The number of hydrogen-bond acceptors (Lipinski definition) is 5. The van der Waals surface area contributed by atoms with E-state index in [2.05, 4.69) is 20.4 Å². The average Bonchev–Trinajstić information content (AvgIpc) is 3.44. The maximum atomic E-state index is 13.1. The number of rotatable bonds is 7. The Bertz CT molecular complexity index is 1050. The minimum Gasteiger partial charge on any atom is -0.493 e. The Morgan fingerprint density at radius 1 is 1.16 bits per heavy atom. The van der Waals surface area contributed by atoms with Gasteiger partial charge in [-0.15, -0.1) is 0 Å². The van der Waals surface area contributed by atoms with Gasteiger partial charge in [-0.2, -0.15) is 5.10 Å². The molecule has 0 radical (unpaired) electrons. The summed E-state index contributed by atoms with van der Waals surface area (Å²) in [5, 5.41) is 10.5. The summed E-state index contributed by atoms with van der Waals surface area (Å²) in [5.41, 5.74) is 2.57. The fourth-order valence-corrected chi connectivity index (χ4v) is 3.79. The molecule has 2 N–H and O–H groups in total. The van der Waals surface area contributed by atoms with E-state index in [0.717, 1.165) is 35.6 Å². The van der Waals surface area contributed by atoms with Crippen LogP contribution in [0.2, 0.25) is 0 Å². The van der Waals surface area contributed by atoms with Crippen LogP contribution in [0, 0.1) is 5.82 Å². The van der Waals surface area contributed by atoms with Crippen molar-refractivity contribution in [3.63, 3.8) is 0 Å². The van der Waals surface area contributed by atoms with Gasteiger partial charge in [0.25, 0.3) is 0 Å². The summed E-state index contributed by atoms with van der Waals surface area (Å²) < 4.78 is 23.7. The number of aromatic nitrogens is 2. The van der Waals surface area contributed by atoms with Gasteiger partial charge < -0.3 is 19.7 Å². The number of amides is 1. The molecule has 4 rings (SSSR count). The molecule has 1 saturated heterocycles. The maximum absolute atomic E-state index is 13.1. The highest BCUT2D eigenvalue weighted by atomic mass is 19.1. The number of nitrogens with one attached hydrogen (secondary N) is 2. The molecule has 0 unspecified atom stereocenters. The van der Waals surface area contributed by atoms with Gasteiger partial charge >= 0.3 is 0 Å². The molecule has 2 aromatic carbocycles. The number of nitrogens with zero attached hydrogens (tertiary/aromatic N) is 2. The van der Waals surface area contributed by atoms with Crippen molar-refractivity contribution in [1.29, 1.82) is 0 Å². The fraction of sp³-hybridized carbons (Fsp3) is 0.304. The van der Waals surface area contributed by atoms with Crippen LogP contribution in [0.4, 0.5) is 10.2 Å². The van der Waals surface area contributed by atoms with E-state index < -0.39 is 0 Å². The van der Waals surface area contributed by atoms with Gasteiger partial charge in [-0.05, 0) is 53.9 Å². The average molecular weight is 424 g/mol. The van der Waals surface area contributed by atoms with Gasteiger partial charge in [0, 0.05) is 25.2 Å². The molecule has 0 spiro atoms. The van der Waals surface area contributed by atoms with Crippen molar-refractivity contribution < 1.29 is 18.7 Å². The van der Waals surface area contributed by atoms with Crippen molar-refractivity contribution in [2.45, 2.75) is 18.9 Å². The van der Waals surface area contributed by atoms with E-state index in [-0.39, 0.29) is 24.2 Å². The van der Waals surface area contributed by atoms with Gasteiger partial charge in [0.2, 0.25) is 5.91 Å². The predicted molar refractivity (Wildman–Crippen MR) is 116 cm³/mol. The molecule has 1 aromatic heterocycles. The minimum atomic E-state index is -0.269. The molecule has 0 bridgehead atoms. The van der Waals surface area contributed by atoms with E-state index in [1.165, 1.54) is 12.1 Å². The highest BCUT2D eigenvalue weighted by Gasteiger charge is 2.25. The molecule has 1 atom stereocenters. The van der Waals surface area contributed by atoms with Crippen LogP contribution in [0.1, 0.15) is 12.0 Å². The summed E-state index contributed by atoms with van der Waals surface area (Å²) in [6.07, 6.45) is 1.12. The minimum absolute atomic E-state index is 0.0342. The number of carbonyl (C=O) groups is 1. The van der Waals surface area contributed by atoms with Crippen LogP contribution in [0.15, 0.2) is 48.5 Å². The summed E-state index contributed by atoms with van der Waals surface area (Å²) in [6, 6.07) is 13.8. The number of aromatic amines is 1. The number of ether oxygens (including phenoxy) is 2. The molecule has 1 amide bonds. The summed E-state index contributed by atoms with van der Waals surface area (Å²) in [5.74, 6) is 1.76. The first-order chi connectivity index (χ1) is 15.1. The van der Waals surface area contributed by atoms with Crippen molar-refractivity contribution in [3.05, 3.63) is 59.9 Å². The Labute approximate surface area is 180 Å². The highest BCUT2D eigenvalue weighted by Crippen LogP contribution is 2.28. The van der Waals surface area contributed by atoms with Crippen LogP contribution in [-0.4, -0.2) is 49.5 Å². The lowest BCUT2D eigenvalue weighted by atomic mass is 10.1. The van der Waals surface area contributed by atoms with Gasteiger partial charge in [0.05, 0.1) is 26.3 Å². The summed E-state index contributed by atoms with van der Waals surface area (Å²) in [6.45, 7) is 1.49. The lowest BCUT2D eigenvalue weighted by Crippen LogP contribution is -2.38. The van der Waals surface area contributed by atoms with Gasteiger partial charge in [-0.1, -0.05) is 6.07 Å². The van der Waals surface area contributed by atoms with Crippen molar-refractivity contribution in [3.8, 4) is 22.8 Å². The Morgan fingerprint density at radius 3 is 2.68 bits per heavy atom. The van der Waals surface area contributed by atoms with Crippen molar-refractivity contribution >= 4 is 11.7 Å². The third kappa shape index (κ3) is 4.79. The molecular formula is C23H25FN4O3. The topological polar surface area (TPSA) is 79.5 Å². The van der Waals surface area contributed by atoms with Crippen molar-refractivity contribution in [1.82, 2.24) is 15.5 Å². The number of halogens is 1. The number of methoxy groups -OCH3 is 2. The lowest BCUT2D eigenvalue weighted by Gasteiger charge is -2.16. The second-order valence-electron chi connectivity index (χ2n) is 7.51. The molecule has 1 fully saturated rings. The smallest absolute Gasteiger partial charge is 0.224 e. The van der Waals surface area contributed by atoms with E-state index in [0.29, 0.717) is 18.0 Å². The quantitative estimate of drug-likeness (QED) is 0.609. The number of carbonyl (C=O) groups excluding carboxylic acids is 1. The predicted octanol–water partition coefficient (Wildman–Crippen LogP) is 3.17. The molecule has 2 heterocycles. The van der Waals surface area contributed by atoms with E-state index in [1.807, 2.05) is 18.2 Å². The summed E-state index contributed by atoms with van der Waals surface area (Å²) >= 11 is 0. The van der Waals surface area contributed by atoms with Crippen LogP contribution >= 0.6 is 0 Å². The van der Waals surface area contributed by atoms with Crippen LogP contribution in [0.25, 0.3) is 11.3 Å². The first kappa shape index (κ1) is 20.7. The van der Waals surface area contributed by atoms with E-state index in [9.17, 15) is 9.18 Å². The van der Waals surface area contributed by atoms with Crippen molar-refractivity contribution in [2.24, 2.45) is 0 Å². The maximum Gasteiger partial charge on any atom is 0.224 e. The third-order valence-corrected chi connectivity index (χ3v) is 5.41. The fourth-order valence-electron chi connectivity index (χ4n) is 3.79. The Kier molecular flexibility index (Phi) is 6.06. The molecule has 8 heteroatoms. The van der Waals surface area contributed by atoms with E-state index >= 15 is 0 Å². The molecule has 162 valence electrons. The second-order valence-corrected chi connectivity index (χ2v) is 7.51. The summed E-state index contributed by atoms with van der Waals surface area (Å²) in [4.78, 5) is 14.7. The van der Waals surface area contributed by atoms with Gasteiger partial charge in [0.15, 0.2) is 17.3 Å². The summed E-state index contributed by atoms with van der Waals surface area (Å²) in [7, 11) is 3.16.